The van der Waals surface area contributed by atoms with E-state index < -0.39 is 5.91 Å². The van der Waals surface area contributed by atoms with Gasteiger partial charge >= 0.3 is 0 Å². The number of aromatic hydroxyl groups is 1. The Morgan fingerprint density at radius 3 is 2.77 bits per heavy atom. The number of ether oxygens (including phenoxy) is 2. The van der Waals surface area contributed by atoms with Crippen molar-refractivity contribution in [3.05, 3.63) is 52.5 Å². The predicted octanol–water partition coefficient (Wildman–Crippen LogP) is 4.33. The van der Waals surface area contributed by atoms with Gasteiger partial charge in [0.2, 0.25) is 5.88 Å². The third-order valence-electron chi connectivity index (χ3n) is 5.00. The Bertz CT molecular complexity index is 1110. The maximum atomic E-state index is 12.6. The van der Waals surface area contributed by atoms with Gasteiger partial charge in [-0.1, -0.05) is 28.1 Å². The van der Waals surface area contributed by atoms with Crippen LogP contribution in [0.2, 0.25) is 0 Å². The summed E-state index contributed by atoms with van der Waals surface area (Å²) in [6.07, 6.45) is 0. The van der Waals surface area contributed by atoms with Gasteiger partial charge in [0.15, 0.2) is 5.69 Å². The first kappa shape index (κ1) is 20.5. The summed E-state index contributed by atoms with van der Waals surface area (Å²) in [4.78, 5) is 14.8. The van der Waals surface area contributed by atoms with Crippen LogP contribution in [0.5, 0.6) is 11.6 Å². The third-order valence-corrected chi connectivity index (χ3v) is 5.49. The van der Waals surface area contributed by atoms with Crippen molar-refractivity contribution in [2.75, 3.05) is 33.4 Å². The largest absolute Gasteiger partial charge is 0.496 e. The van der Waals surface area contributed by atoms with Crippen molar-refractivity contribution in [2.45, 2.75) is 6.67 Å². The average Bonchev–Trinajstić information content (AvgIpc) is 3.02. The quantitative estimate of drug-likeness (QED) is 0.558. The summed E-state index contributed by atoms with van der Waals surface area (Å²) in [5.41, 5.74) is 1.37. The zero-order chi connectivity index (χ0) is 21.1. The summed E-state index contributed by atoms with van der Waals surface area (Å²) >= 11 is 3.46. The maximum Gasteiger partial charge on any atom is 0.299 e. The van der Waals surface area contributed by atoms with Crippen molar-refractivity contribution in [1.29, 1.82) is 0 Å². The Balaban J connectivity index is 1.71. The third kappa shape index (κ3) is 4.09. The Hall–Kier alpha value is -2.75. The number of carbonyl (C=O) groups excluding carboxylic acids is 1. The second-order valence-electron chi connectivity index (χ2n) is 6.84. The molecule has 0 spiro atoms. The summed E-state index contributed by atoms with van der Waals surface area (Å²) in [7, 11) is 1.49. The van der Waals surface area contributed by atoms with Gasteiger partial charge in [-0.2, -0.15) is 0 Å². The van der Waals surface area contributed by atoms with E-state index in [1.165, 1.54) is 7.11 Å². The number of fused-ring (bicyclic) bond motifs is 1. The number of rotatable bonds is 5. The topological polar surface area (TPSA) is 88.7 Å². The minimum absolute atomic E-state index is 0.0360. The fourth-order valence-electron chi connectivity index (χ4n) is 3.45. The van der Waals surface area contributed by atoms with Gasteiger partial charge in [0.1, 0.15) is 5.75 Å². The summed E-state index contributed by atoms with van der Waals surface area (Å²) in [5, 5.41) is 19.6. The van der Waals surface area contributed by atoms with Crippen LogP contribution in [0.3, 0.4) is 0 Å². The van der Waals surface area contributed by atoms with Crippen molar-refractivity contribution in [1.82, 2.24) is 9.47 Å². The van der Waals surface area contributed by atoms with E-state index in [1.807, 2.05) is 18.2 Å². The Morgan fingerprint density at radius 1 is 1.23 bits per heavy atom. The average molecular weight is 473 g/mol. The number of hydrogen-bond donors (Lipinski definition) is 1. The molecule has 9 heteroatoms. The number of methoxy groups -OCH3 is 1. The van der Waals surface area contributed by atoms with E-state index in [0.717, 1.165) is 23.1 Å². The molecule has 0 saturated carbocycles. The van der Waals surface area contributed by atoms with Gasteiger partial charge < -0.3 is 14.6 Å². The Morgan fingerprint density at radius 2 is 2.00 bits per heavy atom. The zero-order valence-corrected chi connectivity index (χ0v) is 18.0. The molecule has 156 valence electrons. The number of para-hydroxylation sites is 1. The first-order valence-corrected chi connectivity index (χ1v) is 10.3. The molecule has 0 atom stereocenters. The normalized spacial score (nSPS) is 15.1. The van der Waals surface area contributed by atoms with Gasteiger partial charge in [-0.3, -0.25) is 14.3 Å². The number of carbonyl (C=O) groups is 1. The number of aromatic nitrogens is 1. The first-order valence-electron chi connectivity index (χ1n) is 9.48. The van der Waals surface area contributed by atoms with E-state index in [2.05, 4.69) is 31.1 Å². The van der Waals surface area contributed by atoms with Gasteiger partial charge in [-0.25, -0.2) is 0 Å². The lowest BCUT2D eigenvalue weighted by atomic mass is 10.2. The molecule has 8 nitrogen and oxygen atoms in total. The van der Waals surface area contributed by atoms with Crippen LogP contribution in [0.15, 0.2) is 57.2 Å². The van der Waals surface area contributed by atoms with Crippen LogP contribution in [-0.4, -0.2) is 53.9 Å². The molecule has 3 aromatic rings. The van der Waals surface area contributed by atoms with Gasteiger partial charge in [0, 0.05) is 22.9 Å². The van der Waals surface area contributed by atoms with E-state index in [9.17, 15) is 9.90 Å². The highest BCUT2D eigenvalue weighted by Gasteiger charge is 2.21. The molecule has 0 unspecified atom stereocenters. The molecule has 1 amide bonds. The number of azo groups is 1. The molecular weight excluding hydrogens is 452 g/mol. The van der Waals surface area contributed by atoms with Gasteiger partial charge in [0.05, 0.1) is 38.1 Å². The Kier molecular flexibility index (Phi) is 6.12. The van der Waals surface area contributed by atoms with Crippen LogP contribution in [-0.2, 0) is 11.4 Å². The molecule has 2 aromatic carbocycles. The second kappa shape index (κ2) is 8.95. The van der Waals surface area contributed by atoms with Crippen LogP contribution in [0.1, 0.15) is 10.4 Å². The number of benzene rings is 2. The molecule has 0 radical (unpaired) electrons. The molecule has 4 rings (SSSR count). The lowest BCUT2D eigenvalue weighted by Crippen LogP contribution is -2.37. The number of nitrogens with zero attached hydrogens (tertiary/aromatic N) is 4. The van der Waals surface area contributed by atoms with Crippen molar-refractivity contribution in [2.24, 2.45) is 10.2 Å². The van der Waals surface area contributed by atoms with E-state index in [0.29, 0.717) is 36.6 Å². The fourth-order valence-corrected chi connectivity index (χ4v) is 3.81. The lowest BCUT2D eigenvalue weighted by molar-refractivity contribution is 0.0231. The zero-order valence-electron chi connectivity index (χ0n) is 16.4. The fraction of sp³-hybridized carbons (Fsp3) is 0.286. The van der Waals surface area contributed by atoms with Crippen LogP contribution in [0, 0.1) is 0 Å². The highest BCUT2D eigenvalue weighted by atomic mass is 79.9. The van der Waals surface area contributed by atoms with Gasteiger partial charge in [-0.05, 0) is 30.3 Å². The molecule has 30 heavy (non-hydrogen) atoms. The van der Waals surface area contributed by atoms with E-state index >= 15 is 0 Å². The summed E-state index contributed by atoms with van der Waals surface area (Å²) < 4.78 is 13.2. The summed E-state index contributed by atoms with van der Waals surface area (Å²) in [6.45, 7) is 3.36. The van der Waals surface area contributed by atoms with Crippen LogP contribution < -0.4 is 4.74 Å². The van der Waals surface area contributed by atoms with Crippen molar-refractivity contribution < 1.29 is 19.4 Å². The molecule has 2 heterocycles. The maximum absolute atomic E-state index is 12.6. The highest BCUT2D eigenvalue weighted by Crippen LogP contribution is 2.40. The molecule has 1 aliphatic heterocycles. The van der Waals surface area contributed by atoms with Crippen LogP contribution >= 0.6 is 15.9 Å². The second-order valence-corrected chi connectivity index (χ2v) is 7.75. The predicted molar refractivity (Wildman–Crippen MR) is 116 cm³/mol. The SMILES string of the molecule is COc1ccccc1C(=O)N=Nc1c(O)n(CN2CCOCC2)c2ccc(Br)cc12. The number of hydrogen-bond acceptors (Lipinski definition) is 6. The Labute approximate surface area is 181 Å². The summed E-state index contributed by atoms with van der Waals surface area (Å²) in [6, 6.07) is 12.5. The molecular formula is C21H21BrN4O4. The van der Waals surface area contributed by atoms with Crippen molar-refractivity contribution in [3.63, 3.8) is 0 Å². The molecule has 1 fully saturated rings. The van der Waals surface area contributed by atoms with E-state index in [4.69, 9.17) is 9.47 Å². The number of morpholine rings is 1. The molecule has 0 bridgehead atoms. The number of halogens is 1. The molecule has 1 aromatic heterocycles. The number of amides is 1. The standard InChI is InChI=1S/C21H21BrN4O4/c1-29-18-5-3-2-4-15(18)20(27)24-23-19-16-12-14(22)6-7-17(16)26(21(19)28)13-25-8-10-30-11-9-25/h2-7,12,28H,8-11,13H2,1H3. The summed E-state index contributed by atoms with van der Waals surface area (Å²) in [5.74, 6) is -0.162. The molecule has 1 N–H and O–H groups in total. The monoisotopic (exact) mass is 472 g/mol. The van der Waals surface area contributed by atoms with E-state index in [1.54, 1.807) is 28.8 Å². The molecule has 1 saturated heterocycles. The van der Waals surface area contributed by atoms with Gasteiger partial charge in [0.25, 0.3) is 5.91 Å². The van der Waals surface area contributed by atoms with Crippen LogP contribution in [0.25, 0.3) is 10.9 Å². The van der Waals surface area contributed by atoms with E-state index in [-0.39, 0.29) is 11.6 Å². The van der Waals surface area contributed by atoms with Crippen molar-refractivity contribution in [3.8, 4) is 11.6 Å². The molecule has 0 aliphatic carbocycles. The first-order chi connectivity index (χ1) is 14.6. The lowest BCUT2D eigenvalue weighted by Gasteiger charge is -2.27. The minimum atomic E-state index is -0.545. The minimum Gasteiger partial charge on any atom is -0.496 e. The van der Waals surface area contributed by atoms with Gasteiger partial charge in [-0.15, -0.1) is 10.2 Å². The van der Waals surface area contributed by atoms with Crippen LogP contribution in [0.4, 0.5) is 5.69 Å². The van der Waals surface area contributed by atoms with Crippen molar-refractivity contribution >= 4 is 38.4 Å². The smallest absolute Gasteiger partial charge is 0.299 e. The molecule has 1 aliphatic rings. The highest BCUT2D eigenvalue weighted by molar-refractivity contribution is 9.10.